The lowest BCUT2D eigenvalue weighted by Gasteiger charge is -2.11. The maximum atomic E-state index is 5.95. The monoisotopic (exact) mass is 292 g/mol. The second-order valence-electron chi connectivity index (χ2n) is 4.34. The van der Waals surface area contributed by atoms with Crippen molar-refractivity contribution in [2.75, 3.05) is 19.0 Å². The maximum Gasteiger partial charge on any atom is 0.0631 e. The molecule has 0 saturated carbocycles. The fourth-order valence-electron chi connectivity index (χ4n) is 1.58. The van der Waals surface area contributed by atoms with Crippen LogP contribution in [0.15, 0.2) is 47.5 Å². The van der Waals surface area contributed by atoms with E-state index in [9.17, 15) is 0 Å². The van der Waals surface area contributed by atoms with Crippen molar-refractivity contribution in [2.24, 2.45) is 4.99 Å². The Morgan fingerprint density at radius 2 is 1.63 bits per heavy atom. The average molecular weight is 293 g/mol. The van der Waals surface area contributed by atoms with E-state index in [-0.39, 0.29) is 0 Å². The lowest BCUT2D eigenvalue weighted by Crippen LogP contribution is -2.07. The first-order valence-electron chi connectivity index (χ1n) is 5.83. The van der Waals surface area contributed by atoms with Crippen molar-refractivity contribution in [3.8, 4) is 0 Å². The summed E-state index contributed by atoms with van der Waals surface area (Å²) in [4.78, 5) is 6.45. The standard InChI is InChI=1S/C15H14Cl2N2/c1-19(2)13-6-4-12(5-7-13)18-10-11-3-8-14(16)15(17)9-11/h3-10H,1-2H3. The summed E-state index contributed by atoms with van der Waals surface area (Å²) < 4.78 is 0. The molecule has 0 amide bonds. The Hall–Kier alpha value is -1.51. The lowest BCUT2D eigenvalue weighted by atomic mass is 10.2. The largest absolute Gasteiger partial charge is 0.378 e. The minimum Gasteiger partial charge on any atom is -0.378 e. The van der Waals surface area contributed by atoms with Crippen LogP contribution < -0.4 is 4.90 Å². The number of benzene rings is 2. The van der Waals surface area contributed by atoms with Gasteiger partial charge in [0.05, 0.1) is 15.7 Å². The van der Waals surface area contributed by atoms with Crippen LogP contribution >= 0.6 is 23.2 Å². The van der Waals surface area contributed by atoms with Crippen LogP contribution in [0.25, 0.3) is 0 Å². The fourth-order valence-corrected chi connectivity index (χ4v) is 1.89. The normalized spacial score (nSPS) is 10.9. The predicted molar refractivity (Wildman–Crippen MR) is 84.5 cm³/mol. The first-order valence-corrected chi connectivity index (χ1v) is 6.58. The van der Waals surface area contributed by atoms with Gasteiger partial charge in [-0.2, -0.15) is 0 Å². The van der Waals surface area contributed by atoms with Gasteiger partial charge in [0, 0.05) is 26.0 Å². The topological polar surface area (TPSA) is 15.6 Å². The molecular weight excluding hydrogens is 279 g/mol. The van der Waals surface area contributed by atoms with Gasteiger partial charge in [-0.3, -0.25) is 4.99 Å². The third kappa shape index (κ3) is 3.72. The molecule has 0 N–H and O–H groups in total. The summed E-state index contributed by atoms with van der Waals surface area (Å²) in [5, 5.41) is 1.09. The highest BCUT2D eigenvalue weighted by Gasteiger charge is 1.98. The Morgan fingerprint density at radius 1 is 0.947 bits per heavy atom. The summed E-state index contributed by atoms with van der Waals surface area (Å²) in [5.41, 5.74) is 2.97. The Balaban J connectivity index is 2.15. The smallest absolute Gasteiger partial charge is 0.0631 e. The number of nitrogens with zero attached hydrogens (tertiary/aromatic N) is 2. The van der Waals surface area contributed by atoms with Crippen molar-refractivity contribution in [3.05, 3.63) is 58.1 Å². The number of anilines is 1. The van der Waals surface area contributed by atoms with Crippen molar-refractivity contribution in [1.29, 1.82) is 0 Å². The molecule has 0 atom stereocenters. The van der Waals surface area contributed by atoms with E-state index in [0.717, 1.165) is 16.9 Å². The van der Waals surface area contributed by atoms with Gasteiger partial charge >= 0.3 is 0 Å². The van der Waals surface area contributed by atoms with Crippen LogP contribution in [0, 0.1) is 0 Å². The highest BCUT2D eigenvalue weighted by Crippen LogP contribution is 2.22. The molecule has 0 bridgehead atoms. The van der Waals surface area contributed by atoms with Crippen molar-refractivity contribution < 1.29 is 0 Å². The summed E-state index contributed by atoms with van der Waals surface area (Å²) in [6.07, 6.45) is 1.77. The average Bonchev–Trinajstić information content (AvgIpc) is 2.40. The summed E-state index contributed by atoms with van der Waals surface area (Å²) in [7, 11) is 4.02. The molecule has 0 aromatic heterocycles. The third-order valence-corrected chi connectivity index (χ3v) is 3.41. The van der Waals surface area contributed by atoms with E-state index in [4.69, 9.17) is 23.2 Å². The second-order valence-corrected chi connectivity index (χ2v) is 5.16. The molecule has 2 aromatic rings. The number of hydrogen-bond donors (Lipinski definition) is 0. The fraction of sp³-hybridized carbons (Fsp3) is 0.133. The van der Waals surface area contributed by atoms with E-state index in [2.05, 4.69) is 4.99 Å². The molecule has 2 rings (SSSR count). The zero-order valence-corrected chi connectivity index (χ0v) is 12.3. The minimum atomic E-state index is 0.536. The van der Waals surface area contributed by atoms with Crippen LogP contribution in [0.5, 0.6) is 0 Å². The highest BCUT2D eigenvalue weighted by molar-refractivity contribution is 6.42. The van der Waals surface area contributed by atoms with Gasteiger partial charge in [0.1, 0.15) is 0 Å². The summed E-state index contributed by atoms with van der Waals surface area (Å²) >= 11 is 11.8. The van der Waals surface area contributed by atoms with Crippen LogP contribution in [0.1, 0.15) is 5.56 Å². The first-order chi connectivity index (χ1) is 9.06. The van der Waals surface area contributed by atoms with Gasteiger partial charge in [-0.25, -0.2) is 0 Å². The quantitative estimate of drug-likeness (QED) is 0.741. The van der Waals surface area contributed by atoms with E-state index in [1.165, 1.54) is 0 Å². The van der Waals surface area contributed by atoms with Crippen LogP contribution in [-0.4, -0.2) is 20.3 Å². The highest BCUT2D eigenvalue weighted by atomic mass is 35.5. The Morgan fingerprint density at radius 3 is 2.21 bits per heavy atom. The third-order valence-electron chi connectivity index (χ3n) is 2.67. The zero-order valence-electron chi connectivity index (χ0n) is 10.8. The van der Waals surface area contributed by atoms with Crippen molar-refractivity contribution in [1.82, 2.24) is 0 Å². The molecule has 0 heterocycles. The van der Waals surface area contributed by atoms with Gasteiger partial charge in [-0.1, -0.05) is 29.3 Å². The SMILES string of the molecule is CN(C)c1ccc(N=Cc2ccc(Cl)c(Cl)c2)cc1. The maximum absolute atomic E-state index is 5.95. The van der Waals surface area contributed by atoms with Crippen LogP contribution in [0.4, 0.5) is 11.4 Å². The van der Waals surface area contributed by atoms with Gasteiger partial charge < -0.3 is 4.90 Å². The van der Waals surface area contributed by atoms with Crippen LogP contribution in [0.2, 0.25) is 10.0 Å². The number of rotatable bonds is 3. The zero-order chi connectivity index (χ0) is 13.8. The van der Waals surface area contributed by atoms with E-state index in [1.54, 1.807) is 18.3 Å². The summed E-state index contributed by atoms with van der Waals surface area (Å²) in [5.74, 6) is 0. The van der Waals surface area contributed by atoms with Gasteiger partial charge in [0.15, 0.2) is 0 Å². The molecule has 0 saturated heterocycles. The van der Waals surface area contributed by atoms with Gasteiger partial charge in [-0.05, 0) is 42.0 Å². The van der Waals surface area contributed by atoms with E-state index in [0.29, 0.717) is 10.0 Å². The Bertz CT molecular complexity index is 590. The molecule has 19 heavy (non-hydrogen) atoms. The van der Waals surface area contributed by atoms with Crippen molar-refractivity contribution in [2.45, 2.75) is 0 Å². The van der Waals surface area contributed by atoms with Gasteiger partial charge in [-0.15, -0.1) is 0 Å². The molecule has 2 aromatic carbocycles. The number of aliphatic imine (C=N–C) groups is 1. The van der Waals surface area contributed by atoms with Gasteiger partial charge in [0.2, 0.25) is 0 Å². The molecule has 0 spiro atoms. The minimum absolute atomic E-state index is 0.536. The van der Waals surface area contributed by atoms with Gasteiger partial charge in [0.25, 0.3) is 0 Å². The summed E-state index contributed by atoms with van der Waals surface area (Å²) in [6, 6.07) is 13.4. The molecular formula is C15H14Cl2N2. The molecule has 0 unspecified atom stereocenters. The predicted octanol–water partition coefficient (Wildman–Crippen LogP) is 4.81. The Kier molecular flexibility index (Phi) is 4.46. The molecule has 98 valence electrons. The summed E-state index contributed by atoms with van der Waals surface area (Å²) in [6.45, 7) is 0. The second kappa shape index (κ2) is 6.09. The molecule has 0 fully saturated rings. The van der Waals surface area contributed by atoms with Crippen LogP contribution in [-0.2, 0) is 0 Å². The van der Waals surface area contributed by atoms with E-state index >= 15 is 0 Å². The van der Waals surface area contributed by atoms with Crippen molar-refractivity contribution >= 4 is 40.8 Å². The Labute approximate surface area is 123 Å². The molecule has 2 nitrogen and oxygen atoms in total. The lowest BCUT2D eigenvalue weighted by molar-refractivity contribution is 1.13. The van der Waals surface area contributed by atoms with E-state index in [1.807, 2.05) is 49.3 Å². The molecule has 4 heteroatoms. The first kappa shape index (κ1) is 13.9. The van der Waals surface area contributed by atoms with Crippen molar-refractivity contribution in [3.63, 3.8) is 0 Å². The molecule has 0 aliphatic carbocycles. The molecule has 0 aliphatic heterocycles. The van der Waals surface area contributed by atoms with Crippen LogP contribution in [0.3, 0.4) is 0 Å². The van der Waals surface area contributed by atoms with E-state index < -0.39 is 0 Å². The molecule has 0 aliphatic rings. The number of halogens is 2. The number of hydrogen-bond acceptors (Lipinski definition) is 2. The molecule has 0 radical (unpaired) electrons.